The van der Waals surface area contributed by atoms with Crippen molar-refractivity contribution in [3.63, 3.8) is 0 Å². The fraction of sp³-hybridized carbons (Fsp3) is 0.533. The Kier molecular flexibility index (Phi) is 7.34. The Labute approximate surface area is 131 Å². The highest BCUT2D eigenvalue weighted by Gasteiger charge is 2.20. The summed E-state index contributed by atoms with van der Waals surface area (Å²) in [6.45, 7) is 2.66. The maximum absolute atomic E-state index is 11.6. The summed E-state index contributed by atoms with van der Waals surface area (Å²) in [7, 11) is -3.97. The van der Waals surface area contributed by atoms with E-state index in [-0.39, 0.29) is 16.1 Å². The molecule has 4 N–H and O–H groups in total. The van der Waals surface area contributed by atoms with Gasteiger partial charge < -0.3 is 10.4 Å². The molecule has 0 saturated heterocycles. The Morgan fingerprint density at radius 2 is 1.82 bits per heavy atom. The molecule has 0 saturated carbocycles. The van der Waals surface area contributed by atoms with Crippen molar-refractivity contribution in [3.8, 4) is 0 Å². The monoisotopic (exact) mass is 328 g/mol. The zero-order valence-electron chi connectivity index (χ0n) is 12.8. The average Bonchev–Trinajstić information content (AvgIpc) is 2.45. The van der Waals surface area contributed by atoms with E-state index in [1.54, 1.807) is 0 Å². The van der Waals surface area contributed by atoms with Gasteiger partial charge in [0.05, 0.1) is 11.3 Å². The smallest absolute Gasteiger partial charge is 0.337 e. The standard InChI is InChI=1S/C15H24N2O4S/c1-2-3-4-5-6-7-11-17-14-12(15(18)19)9-8-10-13(14)22(16,20)21/h8-10,17H,2-7,11H2,1H3,(H,18,19)(H2,16,20,21). The van der Waals surface area contributed by atoms with Crippen LogP contribution in [0.25, 0.3) is 0 Å². The molecule has 0 spiro atoms. The van der Waals surface area contributed by atoms with Crippen molar-refractivity contribution >= 4 is 21.7 Å². The largest absolute Gasteiger partial charge is 0.478 e. The number of carboxylic acid groups (broad SMARTS) is 1. The SMILES string of the molecule is CCCCCCCCNc1c(C(=O)O)cccc1S(N)(=O)=O. The highest BCUT2D eigenvalue weighted by atomic mass is 32.2. The van der Waals surface area contributed by atoms with Gasteiger partial charge in [0.1, 0.15) is 4.90 Å². The molecule has 0 heterocycles. The number of anilines is 1. The molecule has 0 aliphatic carbocycles. The highest BCUT2D eigenvalue weighted by Crippen LogP contribution is 2.25. The van der Waals surface area contributed by atoms with E-state index in [1.807, 2.05) is 0 Å². The van der Waals surface area contributed by atoms with Crippen LogP contribution in [-0.4, -0.2) is 26.0 Å². The van der Waals surface area contributed by atoms with Gasteiger partial charge >= 0.3 is 5.97 Å². The maximum atomic E-state index is 11.6. The van der Waals surface area contributed by atoms with Crippen LogP contribution in [0.5, 0.6) is 0 Å². The predicted octanol–water partition coefficient (Wildman–Crippen LogP) is 2.80. The Bertz CT molecular complexity index is 600. The molecule has 0 bridgehead atoms. The van der Waals surface area contributed by atoms with Gasteiger partial charge in [-0.1, -0.05) is 45.1 Å². The van der Waals surface area contributed by atoms with Crippen LogP contribution in [0.3, 0.4) is 0 Å². The van der Waals surface area contributed by atoms with E-state index in [0.29, 0.717) is 6.54 Å². The number of para-hydroxylation sites is 1. The maximum Gasteiger partial charge on any atom is 0.337 e. The van der Waals surface area contributed by atoms with Gasteiger partial charge in [0.25, 0.3) is 0 Å². The molecule has 0 fully saturated rings. The lowest BCUT2D eigenvalue weighted by atomic mass is 10.1. The number of aromatic carboxylic acids is 1. The van der Waals surface area contributed by atoms with E-state index >= 15 is 0 Å². The molecule has 0 atom stereocenters. The molecular weight excluding hydrogens is 304 g/mol. The number of carboxylic acids is 1. The molecule has 0 aromatic heterocycles. The van der Waals surface area contributed by atoms with Crippen LogP contribution in [0.2, 0.25) is 0 Å². The van der Waals surface area contributed by atoms with Gasteiger partial charge in [0.15, 0.2) is 0 Å². The van der Waals surface area contributed by atoms with Crippen LogP contribution < -0.4 is 10.5 Å². The minimum absolute atomic E-state index is 0.0751. The number of unbranched alkanes of at least 4 members (excludes halogenated alkanes) is 5. The first-order valence-corrected chi connectivity index (χ1v) is 9.05. The van der Waals surface area contributed by atoms with Crippen molar-refractivity contribution in [2.75, 3.05) is 11.9 Å². The van der Waals surface area contributed by atoms with E-state index in [0.717, 1.165) is 19.3 Å². The molecule has 1 rings (SSSR count). The van der Waals surface area contributed by atoms with E-state index in [9.17, 15) is 18.3 Å². The number of sulfonamides is 1. The summed E-state index contributed by atoms with van der Waals surface area (Å²) in [4.78, 5) is 11.1. The number of hydrogen-bond donors (Lipinski definition) is 3. The van der Waals surface area contributed by atoms with Gasteiger partial charge in [0, 0.05) is 6.54 Å². The van der Waals surface area contributed by atoms with Gasteiger partial charge in [-0.3, -0.25) is 0 Å². The number of rotatable bonds is 10. The van der Waals surface area contributed by atoms with Crippen molar-refractivity contribution in [2.45, 2.75) is 50.3 Å². The zero-order chi connectivity index (χ0) is 16.6. The third-order valence-electron chi connectivity index (χ3n) is 3.40. The molecule has 7 heteroatoms. The minimum atomic E-state index is -3.97. The topological polar surface area (TPSA) is 109 Å². The van der Waals surface area contributed by atoms with Crippen LogP contribution in [0, 0.1) is 0 Å². The lowest BCUT2D eigenvalue weighted by Gasteiger charge is -2.13. The van der Waals surface area contributed by atoms with Crippen molar-refractivity contribution in [1.82, 2.24) is 0 Å². The van der Waals surface area contributed by atoms with Gasteiger partial charge in [-0.2, -0.15) is 0 Å². The first kappa shape index (κ1) is 18.4. The van der Waals surface area contributed by atoms with Crippen molar-refractivity contribution < 1.29 is 18.3 Å². The molecule has 124 valence electrons. The molecule has 0 aliphatic rings. The summed E-state index contributed by atoms with van der Waals surface area (Å²) >= 11 is 0. The van der Waals surface area contributed by atoms with Crippen molar-refractivity contribution in [3.05, 3.63) is 23.8 Å². The van der Waals surface area contributed by atoms with E-state index in [4.69, 9.17) is 5.14 Å². The fourth-order valence-electron chi connectivity index (χ4n) is 2.25. The molecule has 0 amide bonds. The Morgan fingerprint density at radius 1 is 1.18 bits per heavy atom. The summed E-state index contributed by atoms with van der Waals surface area (Å²) < 4.78 is 23.2. The fourth-order valence-corrected chi connectivity index (χ4v) is 2.98. The normalized spacial score (nSPS) is 11.4. The van der Waals surface area contributed by atoms with E-state index in [2.05, 4.69) is 12.2 Å². The minimum Gasteiger partial charge on any atom is -0.478 e. The Balaban J connectivity index is 2.73. The molecule has 0 unspecified atom stereocenters. The zero-order valence-corrected chi connectivity index (χ0v) is 13.7. The molecule has 0 aliphatic heterocycles. The summed E-state index contributed by atoms with van der Waals surface area (Å²) in [6, 6.07) is 4.05. The molecule has 1 aromatic carbocycles. The van der Waals surface area contributed by atoms with Gasteiger partial charge in [-0.05, 0) is 18.6 Å². The van der Waals surface area contributed by atoms with Gasteiger partial charge in [0.2, 0.25) is 10.0 Å². The summed E-state index contributed by atoms with van der Waals surface area (Å²) in [5.74, 6) is -1.18. The average molecular weight is 328 g/mol. The summed E-state index contributed by atoms with van der Waals surface area (Å²) in [5.41, 5.74) is -0.0106. The number of hydrogen-bond acceptors (Lipinski definition) is 4. The third-order valence-corrected chi connectivity index (χ3v) is 4.35. The molecule has 22 heavy (non-hydrogen) atoms. The second-order valence-electron chi connectivity index (χ2n) is 5.22. The lowest BCUT2D eigenvalue weighted by Crippen LogP contribution is -2.18. The molecule has 0 radical (unpaired) electrons. The number of primary sulfonamides is 1. The van der Waals surface area contributed by atoms with E-state index < -0.39 is 16.0 Å². The number of nitrogens with two attached hydrogens (primary N) is 1. The summed E-state index contributed by atoms with van der Waals surface area (Å²) in [6.07, 6.45) is 6.57. The van der Waals surface area contributed by atoms with Gasteiger partial charge in [-0.25, -0.2) is 18.4 Å². The third kappa shape index (κ3) is 5.65. The first-order chi connectivity index (χ1) is 10.4. The van der Waals surface area contributed by atoms with Gasteiger partial charge in [-0.15, -0.1) is 0 Å². The summed E-state index contributed by atoms with van der Waals surface area (Å²) in [5, 5.41) is 17.3. The van der Waals surface area contributed by atoms with Crippen LogP contribution in [0.1, 0.15) is 55.8 Å². The van der Waals surface area contributed by atoms with Crippen molar-refractivity contribution in [2.24, 2.45) is 5.14 Å². The van der Waals surface area contributed by atoms with Crippen LogP contribution in [-0.2, 0) is 10.0 Å². The first-order valence-electron chi connectivity index (χ1n) is 7.51. The Morgan fingerprint density at radius 3 is 2.41 bits per heavy atom. The van der Waals surface area contributed by atoms with Crippen molar-refractivity contribution in [1.29, 1.82) is 0 Å². The lowest BCUT2D eigenvalue weighted by molar-refractivity contribution is 0.0697. The number of nitrogens with one attached hydrogen (secondary N) is 1. The van der Waals surface area contributed by atoms with Crippen LogP contribution >= 0.6 is 0 Å². The second-order valence-corrected chi connectivity index (χ2v) is 6.75. The number of carbonyl (C=O) groups is 1. The van der Waals surface area contributed by atoms with Crippen LogP contribution in [0.4, 0.5) is 5.69 Å². The molecule has 6 nitrogen and oxygen atoms in total. The predicted molar refractivity (Wildman–Crippen MR) is 86.6 cm³/mol. The Hall–Kier alpha value is -1.60. The van der Waals surface area contributed by atoms with E-state index in [1.165, 1.54) is 37.5 Å². The molecule has 1 aromatic rings. The number of benzene rings is 1. The van der Waals surface area contributed by atoms with Crippen LogP contribution in [0.15, 0.2) is 23.1 Å². The quantitative estimate of drug-likeness (QED) is 0.572. The highest BCUT2D eigenvalue weighted by molar-refractivity contribution is 7.89. The second kappa shape index (κ2) is 8.75. The molecular formula is C15H24N2O4S.